The van der Waals surface area contributed by atoms with Gasteiger partial charge >= 0.3 is 6.03 Å². The molecular formula is C13H20N4O4. The van der Waals surface area contributed by atoms with E-state index in [0.29, 0.717) is 24.4 Å². The largest absolute Gasteiger partial charge is 0.344 e. The first-order chi connectivity index (χ1) is 10.1. The van der Waals surface area contributed by atoms with Crippen molar-refractivity contribution in [3.8, 4) is 0 Å². The predicted molar refractivity (Wildman–Crippen MR) is 70.8 cm³/mol. The van der Waals surface area contributed by atoms with Gasteiger partial charge in [-0.1, -0.05) is 12.8 Å². The van der Waals surface area contributed by atoms with Crippen molar-refractivity contribution in [2.75, 3.05) is 6.54 Å². The Labute approximate surface area is 122 Å². The number of amides is 4. The summed E-state index contributed by atoms with van der Waals surface area (Å²) in [6, 6.07) is -1.40. The number of urea groups is 1. The summed E-state index contributed by atoms with van der Waals surface area (Å²) in [4.78, 5) is 37.1. The van der Waals surface area contributed by atoms with Gasteiger partial charge in [-0.05, 0) is 25.7 Å². The van der Waals surface area contributed by atoms with Crippen molar-refractivity contribution < 1.29 is 19.6 Å². The third-order valence-corrected chi connectivity index (χ3v) is 4.68. The van der Waals surface area contributed by atoms with Crippen molar-refractivity contribution in [1.82, 2.24) is 20.8 Å². The van der Waals surface area contributed by atoms with Gasteiger partial charge < -0.3 is 4.90 Å². The van der Waals surface area contributed by atoms with Crippen LogP contribution in [-0.2, 0) is 9.59 Å². The Kier molecular flexibility index (Phi) is 3.71. The molecule has 2 unspecified atom stereocenters. The van der Waals surface area contributed by atoms with Crippen molar-refractivity contribution in [2.45, 2.75) is 50.6 Å². The van der Waals surface area contributed by atoms with E-state index in [4.69, 9.17) is 0 Å². The number of carbonyl (C=O) groups is 3. The maximum atomic E-state index is 12.1. The smallest absolute Gasteiger partial charge is 0.309 e. The van der Waals surface area contributed by atoms with Crippen LogP contribution in [0.4, 0.5) is 4.79 Å². The summed E-state index contributed by atoms with van der Waals surface area (Å²) < 4.78 is 0. The van der Waals surface area contributed by atoms with Crippen LogP contribution in [0.2, 0.25) is 0 Å². The van der Waals surface area contributed by atoms with Gasteiger partial charge in [0.2, 0.25) is 5.91 Å². The van der Waals surface area contributed by atoms with E-state index in [1.54, 1.807) is 0 Å². The number of hydroxylamine groups is 2. The number of hydrogen-bond donors (Lipinski definition) is 3. The second-order valence-electron chi connectivity index (χ2n) is 5.99. The standard InChI is InChI=1S/C13H20N4O4/c18-11(8-3-1-2-4-8)14-15-12(19)10-6-5-9-7-16(10)13(20)17(9)21/h8-10,21H,1-7H2,(H,14,18)(H,15,19). The molecule has 116 valence electrons. The molecule has 3 N–H and O–H groups in total. The fourth-order valence-electron chi connectivity index (χ4n) is 3.42. The molecule has 8 heteroatoms. The Morgan fingerprint density at radius 1 is 1.05 bits per heavy atom. The first-order valence-corrected chi connectivity index (χ1v) is 7.46. The van der Waals surface area contributed by atoms with Gasteiger partial charge in [0.25, 0.3) is 5.91 Å². The van der Waals surface area contributed by atoms with Crippen molar-refractivity contribution >= 4 is 17.8 Å². The Morgan fingerprint density at radius 2 is 1.71 bits per heavy atom. The fourth-order valence-corrected chi connectivity index (χ4v) is 3.42. The summed E-state index contributed by atoms with van der Waals surface area (Å²) in [7, 11) is 0. The Bertz CT molecular complexity index is 463. The highest BCUT2D eigenvalue weighted by molar-refractivity contribution is 5.90. The molecule has 0 radical (unpaired) electrons. The van der Waals surface area contributed by atoms with Gasteiger partial charge in [0.1, 0.15) is 6.04 Å². The van der Waals surface area contributed by atoms with Crippen molar-refractivity contribution in [1.29, 1.82) is 0 Å². The fraction of sp³-hybridized carbons (Fsp3) is 0.769. The molecule has 0 aromatic heterocycles. The summed E-state index contributed by atoms with van der Waals surface area (Å²) >= 11 is 0. The summed E-state index contributed by atoms with van der Waals surface area (Å²) in [6.07, 6.45) is 4.87. The van der Waals surface area contributed by atoms with Crippen molar-refractivity contribution in [3.05, 3.63) is 0 Å². The van der Waals surface area contributed by atoms with Gasteiger partial charge in [0.05, 0.1) is 6.04 Å². The SMILES string of the molecule is O=C(NNC(=O)C1CCC2CN1C(=O)N2O)C1CCCC1. The zero-order valence-electron chi connectivity index (χ0n) is 11.7. The maximum Gasteiger partial charge on any atom is 0.344 e. The number of hydrazine groups is 1. The molecule has 3 fully saturated rings. The molecular weight excluding hydrogens is 276 g/mol. The number of carbonyl (C=O) groups excluding carboxylic acids is 3. The van der Waals surface area contributed by atoms with E-state index in [-0.39, 0.29) is 17.9 Å². The quantitative estimate of drug-likeness (QED) is 0.492. The molecule has 8 nitrogen and oxygen atoms in total. The Hall–Kier alpha value is -1.83. The van der Waals surface area contributed by atoms with E-state index in [2.05, 4.69) is 10.9 Å². The maximum absolute atomic E-state index is 12.1. The highest BCUT2D eigenvalue weighted by Gasteiger charge is 2.46. The van der Waals surface area contributed by atoms with Gasteiger partial charge in [-0.25, -0.2) is 9.86 Å². The minimum absolute atomic E-state index is 0.0256. The Morgan fingerprint density at radius 3 is 2.43 bits per heavy atom. The zero-order chi connectivity index (χ0) is 15.0. The molecule has 21 heavy (non-hydrogen) atoms. The molecule has 0 aromatic carbocycles. The van der Waals surface area contributed by atoms with Crippen LogP contribution in [0.15, 0.2) is 0 Å². The summed E-state index contributed by atoms with van der Waals surface area (Å²) in [6.45, 7) is 0.351. The lowest BCUT2D eigenvalue weighted by atomic mass is 10.0. The van der Waals surface area contributed by atoms with Crippen LogP contribution in [0, 0.1) is 5.92 Å². The van der Waals surface area contributed by atoms with Crippen LogP contribution in [0.5, 0.6) is 0 Å². The molecule has 2 heterocycles. The van der Waals surface area contributed by atoms with Crippen molar-refractivity contribution in [3.63, 3.8) is 0 Å². The van der Waals surface area contributed by atoms with Gasteiger partial charge in [-0.3, -0.25) is 25.6 Å². The number of rotatable bonds is 2. The molecule has 2 atom stereocenters. The third kappa shape index (κ3) is 2.55. The number of hydrogen-bond acceptors (Lipinski definition) is 4. The molecule has 2 bridgehead atoms. The highest BCUT2D eigenvalue weighted by atomic mass is 16.5. The summed E-state index contributed by atoms with van der Waals surface area (Å²) in [5.74, 6) is -0.586. The molecule has 0 spiro atoms. The third-order valence-electron chi connectivity index (χ3n) is 4.68. The molecule has 0 aromatic rings. The number of fused-ring (bicyclic) bond motifs is 2. The normalized spacial score (nSPS) is 28.9. The molecule has 3 rings (SSSR count). The number of piperidine rings is 1. The van der Waals surface area contributed by atoms with Gasteiger partial charge in [0.15, 0.2) is 0 Å². The van der Waals surface area contributed by atoms with Gasteiger partial charge in [-0.2, -0.15) is 0 Å². The first-order valence-electron chi connectivity index (χ1n) is 7.46. The van der Waals surface area contributed by atoms with Crippen LogP contribution in [0.25, 0.3) is 0 Å². The van der Waals surface area contributed by atoms with Crippen LogP contribution in [-0.4, -0.2) is 51.6 Å². The predicted octanol–water partition coefficient (Wildman–Crippen LogP) is -0.0182. The molecule has 3 aliphatic rings. The van der Waals surface area contributed by atoms with E-state index in [1.807, 2.05) is 0 Å². The van der Waals surface area contributed by atoms with Crippen LogP contribution >= 0.6 is 0 Å². The molecule has 4 amide bonds. The molecule has 1 aliphatic carbocycles. The minimum Gasteiger partial charge on any atom is -0.309 e. The highest BCUT2D eigenvalue weighted by Crippen LogP contribution is 2.28. The molecule has 1 saturated carbocycles. The molecule has 2 saturated heterocycles. The lowest BCUT2D eigenvalue weighted by molar-refractivity contribution is -0.133. The monoisotopic (exact) mass is 296 g/mol. The number of nitrogens with zero attached hydrogens (tertiary/aromatic N) is 2. The summed E-state index contributed by atoms with van der Waals surface area (Å²) in [5.41, 5.74) is 4.87. The molecule has 2 aliphatic heterocycles. The Balaban J connectivity index is 1.53. The van der Waals surface area contributed by atoms with E-state index in [0.717, 1.165) is 25.7 Å². The van der Waals surface area contributed by atoms with E-state index in [9.17, 15) is 19.6 Å². The second-order valence-corrected chi connectivity index (χ2v) is 5.99. The van der Waals surface area contributed by atoms with Crippen molar-refractivity contribution in [2.24, 2.45) is 5.92 Å². The van der Waals surface area contributed by atoms with Crippen LogP contribution in [0.3, 0.4) is 0 Å². The topological polar surface area (TPSA) is 102 Å². The van der Waals surface area contributed by atoms with Gasteiger partial charge in [-0.15, -0.1) is 0 Å². The average molecular weight is 296 g/mol. The lowest BCUT2D eigenvalue weighted by Gasteiger charge is -2.29. The zero-order valence-corrected chi connectivity index (χ0v) is 11.7. The van der Waals surface area contributed by atoms with Crippen LogP contribution < -0.4 is 10.9 Å². The van der Waals surface area contributed by atoms with E-state index < -0.39 is 18.0 Å². The van der Waals surface area contributed by atoms with E-state index in [1.165, 1.54) is 4.90 Å². The minimum atomic E-state index is -0.630. The summed E-state index contributed by atoms with van der Waals surface area (Å²) in [5, 5.41) is 10.3. The van der Waals surface area contributed by atoms with Crippen LogP contribution in [0.1, 0.15) is 38.5 Å². The second kappa shape index (κ2) is 5.51. The van der Waals surface area contributed by atoms with E-state index >= 15 is 0 Å². The van der Waals surface area contributed by atoms with Gasteiger partial charge in [0, 0.05) is 12.5 Å². The number of nitrogens with one attached hydrogen (secondary N) is 2. The lowest BCUT2D eigenvalue weighted by Crippen LogP contribution is -2.54. The first kappa shape index (κ1) is 14.1. The average Bonchev–Trinajstić information content (AvgIpc) is 3.10.